The third kappa shape index (κ3) is 3.27. The lowest BCUT2D eigenvalue weighted by Gasteiger charge is -2.11. The first-order valence-electron chi connectivity index (χ1n) is 5.76. The van der Waals surface area contributed by atoms with Crippen LogP contribution in [0, 0.1) is 6.92 Å². The summed E-state index contributed by atoms with van der Waals surface area (Å²) < 4.78 is 1.80. The van der Waals surface area contributed by atoms with Crippen LogP contribution in [0.15, 0.2) is 27.1 Å². The summed E-state index contributed by atoms with van der Waals surface area (Å²) in [5, 5.41) is 3.87. The lowest BCUT2D eigenvalue weighted by molar-refractivity contribution is 1.06. The average Bonchev–Trinajstić information content (AvgIpc) is 2.38. The third-order valence-corrected chi connectivity index (χ3v) is 4.41. The van der Waals surface area contributed by atoms with Crippen molar-refractivity contribution < 1.29 is 0 Å². The van der Waals surface area contributed by atoms with Crippen molar-refractivity contribution in [2.45, 2.75) is 13.8 Å². The van der Waals surface area contributed by atoms with Crippen molar-refractivity contribution in [1.82, 2.24) is 9.97 Å². The van der Waals surface area contributed by atoms with Crippen LogP contribution in [0.4, 0.5) is 5.82 Å². The summed E-state index contributed by atoms with van der Waals surface area (Å²) in [6.45, 7) is 4.76. The van der Waals surface area contributed by atoms with Crippen LogP contribution in [0.1, 0.15) is 12.6 Å². The standard InChI is InChI=1S/C13H12Br2ClN3/c1-3-17-13-11(15)7(2)18-12(19-13)9-6-8(16)4-5-10(9)14/h4-6H,3H2,1-2H3,(H,17,18,19). The summed E-state index contributed by atoms with van der Waals surface area (Å²) in [4.78, 5) is 9.04. The summed E-state index contributed by atoms with van der Waals surface area (Å²) in [6.07, 6.45) is 0. The van der Waals surface area contributed by atoms with E-state index in [1.54, 1.807) is 0 Å². The molecule has 0 amide bonds. The number of hydrogen-bond acceptors (Lipinski definition) is 3. The van der Waals surface area contributed by atoms with Crippen molar-refractivity contribution in [3.05, 3.63) is 37.9 Å². The Bertz CT molecular complexity index is 617. The molecule has 0 fully saturated rings. The van der Waals surface area contributed by atoms with E-state index in [9.17, 15) is 0 Å². The summed E-state index contributed by atoms with van der Waals surface area (Å²) in [6, 6.07) is 5.57. The van der Waals surface area contributed by atoms with Gasteiger partial charge in [-0.25, -0.2) is 9.97 Å². The smallest absolute Gasteiger partial charge is 0.163 e. The molecule has 0 saturated heterocycles. The van der Waals surface area contributed by atoms with Gasteiger partial charge < -0.3 is 5.32 Å². The topological polar surface area (TPSA) is 37.8 Å². The van der Waals surface area contributed by atoms with Gasteiger partial charge in [0.1, 0.15) is 5.82 Å². The van der Waals surface area contributed by atoms with E-state index >= 15 is 0 Å². The van der Waals surface area contributed by atoms with Crippen LogP contribution in [0.2, 0.25) is 5.02 Å². The number of halogens is 3. The Morgan fingerprint density at radius 3 is 2.68 bits per heavy atom. The summed E-state index contributed by atoms with van der Waals surface area (Å²) in [5.41, 5.74) is 1.76. The van der Waals surface area contributed by atoms with Crippen LogP contribution in [-0.2, 0) is 0 Å². The van der Waals surface area contributed by atoms with Gasteiger partial charge in [0, 0.05) is 21.6 Å². The Kier molecular flexibility index (Phi) is 4.81. The lowest BCUT2D eigenvalue weighted by atomic mass is 10.2. The number of aryl methyl sites for hydroxylation is 1. The molecule has 0 atom stereocenters. The minimum absolute atomic E-state index is 0.644. The van der Waals surface area contributed by atoms with Crippen LogP contribution in [0.3, 0.4) is 0 Å². The van der Waals surface area contributed by atoms with Gasteiger partial charge in [0.25, 0.3) is 0 Å². The van der Waals surface area contributed by atoms with E-state index in [1.165, 1.54) is 0 Å². The Morgan fingerprint density at radius 2 is 2.00 bits per heavy atom. The number of rotatable bonds is 3. The molecule has 0 saturated carbocycles. The van der Waals surface area contributed by atoms with E-state index in [-0.39, 0.29) is 0 Å². The number of hydrogen-bond donors (Lipinski definition) is 1. The van der Waals surface area contributed by atoms with Crippen LogP contribution >= 0.6 is 43.5 Å². The molecule has 1 aromatic carbocycles. The molecule has 6 heteroatoms. The fraction of sp³-hybridized carbons (Fsp3) is 0.231. The molecular weight excluding hydrogens is 393 g/mol. The maximum Gasteiger partial charge on any atom is 0.163 e. The van der Waals surface area contributed by atoms with Crippen molar-refractivity contribution in [3.8, 4) is 11.4 Å². The first kappa shape index (κ1) is 14.8. The predicted octanol–water partition coefficient (Wildman–Crippen LogP) is 5.06. The molecule has 1 N–H and O–H groups in total. The first-order valence-corrected chi connectivity index (χ1v) is 7.72. The van der Waals surface area contributed by atoms with E-state index in [0.29, 0.717) is 10.8 Å². The molecule has 19 heavy (non-hydrogen) atoms. The summed E-state index contributed by atoms with van der Waals surface area (Å²) in [7, 11) is 0. The molecule has 0 aliphatic rings. The van der Waals surface area contributed by atoms with Gasteiger partial charge in [0.15, 0.2) is 5.82 Å². The quantitative estimate of drug-likeness (QED) is 0.775. The molecule has 0 aliphatic heterocycles. The van der Waals surface area contributed by atoms with Crippen molar-refractivity contribution in [2.24, 2.45) is 0 Å². The fourth-order valence-electron chi connectivity index (χ4n) is 1.63. The van der Waals surface area contributed by atoms with E-state index in [2.05, 4.69) is 47.1 Å². The van der Waals surface area contributed by atoms with E-state index in [1.807, 2.05) is 32.0 Å². The Labute approximate surface area is 134 Å². The molecule has 1 aromatic heterocycles. The normalized spacial score (nSPS) is 10.6. The first-order chi connectivity index (χ1) is 9.02. The van der Waals surface area contributed by atoms with Gasteiger partial charge >= 0.3 is 0 Å². The van der Waals surface area contributed by atoms with Gasteiger partial charge in [-0.05, 0) is 48.0 Å². The SMILES string of the molecule is CCNc1nc(-c2cc(Cl)ccc2Br)nc(C)c1Br. The number of nitrogens with zero attached hydrogens (tertiary/aromatic N) is 2. The molecule has 0 bridgehead atoms. The predicted molar refractivity (Wildman–Crippen MR) is 86.8 cm³/mol. The molecule has 2 rings (SSSR count). The number of nitrogens with one attached hydrogen (secondary N) is 1. The van der Waals surface area contributed by atoms with E-state index < -0.39 is 0 Å². The summed E-state index contributed by atoms with van der Waals surface area (Å²) in [5.74, 6) is 1.43. The van der Waals surface area contributed by atoms with Gasteiger partial charge in [-0.3, -0.25) is 0 Å². The minimum atomic E-state index is 0.644. The van der Waals surface area contributed by atoms with E-state index in [0.717, 1.165) is 32.6 Å². The van der Waals surface area contributed by atoms with Crippen LogP contribution in [0.5, 0.6) is 0 Å². The Balaban J connectivity index is 2.59. The van der Waals surface area contributed by atoms with E-state index in [4.69, 9.17) is 11.6 Å². The zero-order chi connectivity index (χ0) is 14.0. The van der Waals surface area contributed by atoms with Crippen LogP contribution in [-0.4, -0.2) is 16.5 Å². The molecule has 0 unspecified atom stereocenters. The van der Waals surface area contributed by atoms with Crippen molar-refractivity contribution in [3.63, 3.8) is 0 Å². The molecule has 0 spiro atoms. The van der Waals surface area contributed by atoms with Gasteiger partial charge in [-0.1, -0.05) is 27.5 Å². The lowest BCUT2D eigenvalue weighted by Crippen LogP contribution is -2.04. The summed E-state index contributed by atoms with van der Waals surface area (Å²) >= 11 is 13.0. The van der Waals surface area contributed by atoms with Crippen LogP contribution in [0.25, 0.3) is 11.4 Å². The van der Waals surface area contributed by atoms with Crippen molar-refractivity contribution in [2.75, 3.05) is 11.9 Å². The molecule has 0 aliphatic carbocycles. The molecule has 2 aromatic rings. The highest BCUT2D eigenvalue weighted by Gasteiger charge is 2.12. The molecule has 3 nitrogen and oxygen atoms in total. The van der Waals surface area contributed by atoms with Gasteiger partial charge in [-0.2, -0.15) is 0 Å². The second-order valence-electron chi connectivity index (χ2n) is 3.95. The maximum atomic E-state index is 6.04. The fourth-order valence-corrected chi connectivity index (χ4v) is 2.55. The highest BCUT2D eigenvalue weighted by molar-refractivity contribution is 9.11. The highest BCUT2D eigenvalue weighted by Crippen LogP contribution is 2.32. The second kappa shape index (κ2) is 6.20. The van der Waals surface area contributed by atoms with Crippen LogP contribution < -0.4 is 5.32 Å². The largest absolute Gasteiger partial charge is 0.369 e. The Hall–Kier alpha value is -0.650. The second-order valence-corrected chi connectivity index (χ2v) is 6.03. The van der Waals surface area contributed by atoms with Crippen molar-refractivity contribution >= 4 is 49.3 Å². The molecule has 100 valence electrons. The Morgan fingerprint density at radius 1 is 1.26 bits per heavy atom. The maximum absolute atomic E-state index is 6.04. The third-order valence-electron chi connectivity index (χ3n) is 2.53. The van der Waals surface area contributed by atoms with Gasteiger partial charge in [-0.15, -0.1) is 0 Å². The van der Waals surface area contributed by atoms with Crippen molar-refractivity contribution in [1.29, 1.82) is 0 Å². The molecular formula is C13H12Br2ClN3. The van der Waals surface area contributed by atoms with Gasteiger partial charge in [0.2, 0.25) is 0 Å². The highest BCUT2D eigenvalue weighted by atomic mass is 79.9. The molecule has 0 radical (unpaired) electrons. The minimum Gasteiger partial charge on any atom is -0.369 e. The number of benzene rings is 1. The zero-order valence-corrected chi connectivity index (χ0v) is 14.4. The van der Waals surface area contributed by atoms with Gasteiger partial charge in [0.05, 0.1) is 10.2 Å². The number of anilines is 1. The average molecular weight is 406 g/mol. The molecule has 1 heterocycles. The monoisotopic (exact) mass is 403 g/mol. The zero-order valence-electron chi connectivity index (χ0n) is 10.5. The number of aromatic nitrogens is 2.